The Morgan fingerprint density at radius 1 is 1.33 bits per heavy atom. The van der Waals surface area contributed by atoms with E-state index in [0.29, 0.717) is 0 Å². The fourth-order valence-electron chi connectivity index (χ4n) is 2.03. The van der Waals surface area contributed by atoms with Gasteiger partial charge in [0.15, 0.2) is 0 Å². The van der Waals surface area contributed by atoms with Gasteiger partial charge in [-0.3, -0.25) is 0 Å². The van der Waals surface area contributed by atoms with Crippen molar-refractivity contribution in [1.29, 1.82) is 0 Å². The number of hydrogen-bond donors (Lipinski definition) is 0. The SMILES string of the molecule is CC(F)(F)C12CC1(C)C2. The number of alkyl halides is 2. The van der Waals surface area contributed by atoms with Crippen LogP contribution in [-0.4, -0.2) is 5.92 Å². The van der Waals surface area contributed by atoms with Crippen molar-refractivity contribution < 1.29 is 8.78 Å². The lowest BCUT2D eigenvalue weighted by atomic mass is 10.1. The Bertz CT molecular complexity index is 160. The lowest BCUT2D eigenvalue weighted by Gasteiger charge is -2.11. The summed E-state index contributed by atoms with van der Waals surface area (Å²) >= 11 is 0. The van der Waals surface area contributed by atoms with Gasteiger partial charge < -0.3 is 0 Å². The molecule has 9 heavy (non-hydrogen) atoms. The second-order valence-corrected chi connectivity index (χ2v) is 3.88. The smallest absolute Gasteiger partial charge is 0.207 e. The molecule has 52 valence electrons. The Morgan fingerprint density at radius 3 is 1.67 bits per heavy atom. The van der Waals surface area contributed by atoms with Gasteiger partial charge in [-0.05, 0) is 25.2 Å². The van der Waals surface area contributed by atoms with Crippen LogP contribution in [0.5, 0.6) is 0 Å². The van der Waals surface area contributed by atoms with Crippen LogP contribution in [0.4, 0.5) is 8.78 Å². The van der Waals surface area contributed by atoms with Gasteiger partial charge in [0.2, 0.25) is 0 Å². The molecule has 0 nitrogen and oxygen atoms in total. The highest BCUT2D eigenvalue weighted by molar-refractivity contribution is 5.32. The minimum absolute atomic E-state index is 0.0469. The van der Waals surface area contributed by atoms with E-state index in [1.807, 2.05) is 6.92 Å². The summed E-state index contributed by atoms with van der Waals surface area (Å²) in [6, 6.07) is 0. The molecule has 2 aliphatic rings. The maximum atomic E-state index is 12.6. The maximum absolute atomic E-state index is 12.6. The van der Waals surface area contributed by atoms with Gasteiger partial charge in [0.25, 0.3) is 5.92 Å². The molecule has 0 atom stereocenters. The van der Waals surface area contributed by atoms with E-state index < -0.39 is 11.3 Å². The molecule has 0 spiro atoms. The van der Waals surface area contributed by atoms with Gasteiger partial charge in [-0.1, -0.05) is 6.92 Å². The predicted molar refractivity (Wildman–Crippen MR) is 30.4 cm³/mol. The summed E-state index contributed by atoms with van der Waals surface area (Å²) in [4.78, 5) is 0. The van der Waals surface area contributed by atoms with E-state index >= 15 is 0 Å². The van der Waals surface area contributed by atoms with Crippen LogP contribution in [0.15, 0.2) is 0 Å². The predicted octanol–water partition coefficient (Wildman–Crippen LogP) is 2.44. The standard InChI is InChI=1S/C7H10F2/c1-5-3-7(5,4-5)6(2,8)9/h3-4H2,1-2H3. The van der Waals surface area contributed by atoms with Crippen molar-refractivity contribution in [3.63, 3.8) is 0 Å². The van der Waals surface area contributed by atoms with E-state index in [0.717, 1.165) is 19.8 Å². The van der Waals surface area contributed by atoms with Gasteiger partial charge in [0, 0.05) is 5.41 Å². The number of rotatable bonds is 1. The Balaban J connectivity index is 2.20. The molecule has 2 rings (SSSR count). The third-order valence-corrected chi connectivity index (χ3v) is 3.13. The summed E-state index contributed by atoms with van der Waals surface area (Å²) < 4.78 is 25.2. The second-order valence-electron chi connectivity index (χ2n) is 3.88. The molecule has 0 N–H and O–H groups in total. The van der Waals surface area contributed by atoms with Crippen molar-refractivity contribution in [1.82, 2.24) is 0 Å². The zero-order valence-corrected chi connectivity index (χ0v) is 5.67. The quantitative estimate of drug-likeness (QED) is 0.514. The Labute approximate surface area is 53.2 Å². The molecule has 2 fully saturated rings. The van der Waals surface area contributed by atoms with E-state index in [2.05, 4.69) is 0 Å². The van der Waals surface area contributed by atoms with Crippen LogP contribution in [-0.2, 0) is 0 Å². The zero-order chi connectivity index (χ0) is 6.91. The minimum atomic E-state index is -2.41. The summed E-state index contributed by atoms with van der Waals surface area (Å²) in [5, 5.41) is 0. The molecular weight excluding hydrogens is 122 g/mol. The molecule has 0 heterocycles. The maximum Gasteiger partial charge on any atom is 0.251 e. The zero-order valence-electron chi connectivity index (χ0n) is 5.67. The van der Waals surface area contributed by atoms with Crippen molar-refractivity contribution in [3.8, 4) is 0 Å². The topological polar surface area (TPSA) is 0 Å². The lowest BCUT2D eigenvalue weighted by Crippen LogP contribution is -2.18. The van der Waals surface area contributed by atoms with Gasteiger partial charge in [0.05, 0.1) is 0 Å². The van der Waals surface area contributed by atoms with Crippen molar-refractivity contribution in [3.05, 3.63) is 0 Å². The van der Waals surface area contributed by atoms with E-state index in [1.54, 1.807) is 0 Å². The molecular formula is C7H10F2. The highest BCUT2D eigenvalue weighted by Crippen LogP contribution is 2.90. The van der Waals surface area contributed by atoms with Gasteiger partial charge in [-0.2, -0.15) is 0 Å². The van der Waals surface area contributed by atoms with Crippen LogP contribution in [0.1, 0.15) is 26.7 Å². The Kier molecular flexibility index (Phi) is 0.587. The summed E-state index contributed by atoms with van der Waals surface area (Å²) in [7, 11) is 0. The van der Waals surface area contributed by atoms with E-state index in [1.165, 1.54) is 0 Å². The first-order valence-electron chi connectivity index (χ1n) is 3.29. The molecule has 0 aromatic carbocycles. The van der Waals surface area contributed by atoms with Crippen molar-refractivity contribution in [2.24, 2.45) is 10.8 Å². The van der Waals surface area contributed by atoms with Gasteiger partial charge in [-0.15, -0.1) is 0 Å². The highest BCUT2D eigenvalue weighted by Gasteiger charge is 2.88. The number of halogens is 2. The average molecular weight is 132 g/mol. The summed E-state index contributed by atoms with van der Waals surface area (Å²) in [5.74, 6) is -2.41. The largest absolute Gasteiger partial charge is 0.251 e. The van der Waals surface area contributed by atoms with Crippen LogP contribution in [0.2, 0.25) is 0 Å². The molecule has 0 amide bonds. The van der Waals surface area contributed by atoms with Gasteiger partial charge >= 0.3 is 0 Å². The second kappa shape index (κ2) is 0.938. The van der Waals surface area contributed by atoms with Gasteiger partial charge in [-0.25, -0.2) is 8.78 Å². The summed E-state index contributed by atoms with van der Waals surface area (Å²) in [6.07, 6.45) is 1.51. The third kappa shape index (κ3) is 0.404. The average Bonchev–Trinajstić information content (AvgIpc) is 2.17. The molecule has 0 aromatic rings. The van der Waals surface area contributed by atoms with Gasteiger partial charge in [0.1, 0.15) is 0 Å². The molecule has 0 radical (unpaired) electrons. The van der Waals surface area contributed by atoms with Crippen LogP contribution in [0.3, 0.4) is 0 Å². The molecule has 0 bridgehead atoms. The summed E-state index contributed by atoms with van der Waals surface area (Å²) in [6.45, 7) is 3.00. The number of hydrogen-bond acceptors (Lipinski definition) is 0. The molecule has 2 heteroatoms. The molecule has 2 saturated carbocycles. The summed E-state index contributed by atoms with van der Waals surface area (Å²) in [5.41, 5.74) is -0.495. The fourth-order valence-corrected chi connectivity index (χ4v) is 2.03. The first-order chi connectivity index (χ1) is 3.91. The van der Waals surface area contributed by atoms with E-state index in [4.69, 9.17) is 0 Å². The molecule has 0 aliphatic heterocycles. The number of fused-ring (bicyclic) bond motifs is 1. The monoisotopic (exact) mass is 132 g/mol. The highest BCUT2D eigenvalue weighted by atomic mass is 19.3. The van der Waals surface area contributed by atoms with Crippen LogP contribution >= 0.6 is 0 Å². The molecule has 0 unspecified atom stereocenters. The lowest BCUT2D eigenvalue weighted by molar-refractivity contribution is -0.0290. The van der Waals surface area contributed by atoms with Crippen LogP contribution in [0.25, 0.3) is 0 Å². The molecule has 0 aromatic heterocycles. The Morgan fingerprint density at radius 2 is 1.67 bits per heavy atom. The first-order valence-corrected chi connectivity index (χ1v) is 3.29. The van der Waals surface area contributed by atoms with E-state index in [-0.39, 0.29) is 5.41 Å². The minimum Gasteiger partial charge on any atom is -0.207 e. The van der Waals surface area contributed by atoms with Crippen molar-refractivity contribution in [2.45, 2.75) is 32.6 Å². The third-order valence-electron chi connectivity index (χ3n) is 3.13. The van der Waals surface area contributed by atoms with E-state index in [9.17, 15) is 8.78 Å². The first kappa shape index (κ1) is 5.63. The van der Waals surface area contributed by atoms with Crippen molar-refractivity contribution >= 4 is 0 Å². The van der Waals surface area contributed by atoms with Crippen LogP contribution < -0.4 is 0 Å². The van der Waals surface area contributed by atoms with Crippen LogP contribution in [0, 0.1) is 10.8 Å². The fraction of sp³-hybridized carbons (Fsp3) is 1.00. The Hall–Kier alpha value is -0.140. The molecule has 0 saturated heterocycles. The van der Waals surface area contributed by atoms with Crippen molar-refractivity contribution in [2.75, 3.05) is 0 Å². The molecule has 2 aliphatic carbocycles. The normalized spacial score (nSPS) is 54.7.